The Hall–Kier alpha value is -3.20. The number of hydrogen-bond acceptors (Lipinski definition) is 9. The Kier molecular flexibility index (Phi) is 11.3. The molecule has 1 aromatic carbocycles. The van der Waals surface area contributed by atoms with E-state index >= 15 is 0 Å². The van der Waals surface area contributed by atoms with Gasteiger partial charge in [0.1, 0.15) is 24.6 Å². The summed E-state index contributed by atoms with van der Waals surface area (Å²) in [6.07, 6.45) is 8.25. The lowest BCUT2D eigenvalue weighted by molar-refractivity contribution is -0.151. The number of para-hydroxylation sites is 1. The summed E-state index contributed by atoms with van der Waals surface area (Å²) in [5, 5.41) is 4.96. The molecular formula is C25H32N3O9P. The number of esters is 1. The molecule has 0 bridgehead atoms. The maximum atomic E-state index is 13.6. The molecule has 4 atom stereocenters. The second-order valence-electron chi connectivity index (χ2n) is 8.47. The minimum Gasteiger partial charge on any atom is -0.461 e. The predicted molar refractivity (Wildman–Crippen MR) is 135 cm³/mol. The van der Waals surface area contributed by atoms with Crippen molar-refractivity contribution in [2.45, 2.75) is 37.7 Å². The van der Waals surface area contributed by atoms with Gasteiger partial charge in [0.15, 0.2) is 0 Å². The summed E-state index contributed by atoms with van der Waals surface area (Å²) in [5.41, 5.74) is 0. The molecule has 2 saturated heterocycles. The molecule has 0 spiro atoms. The summed E-state index contributed by atoms with van der Waals surface area (Å²) in [7, 11) is -2.61. The van der Waals surface area contributed by atoms with Crippen LogP contribution in [0.1, 0.15) is 19.3 Å². The number of carbonyl (C=O) groups is 3. The molecule has 0 aliphatic carbocycles. The molecule has 2 N–H and O–H groups in total. The normalized spacial score (nSPS) is 23.2. The number of terminal acetylenes is 1. The van der Waals surface area contributed by atoms with Gasteiger partial charge in [-0.2, -0.15) is 0 Å². The first-order valence-corrected chi connectivity index (χ1v) is 13.7. The van der Waals surface area contributed by atoms with Crippen molar-refractivity contribution in [2.75, 3.05) is 33.4 Å². The van der Waals surface area contributed by atoms with Crippen molar-refractivity contribution < 1.29 is 42.2 Å². The van der Waals surface area contributed by atoms with Crippen LogP contribution < -0.4 is 14.9 Å². The lowest BCUT2D eigenvalue weighted by Gasteiger charge is -2.25. The van der Waals surface area contributed by atoms with Gasteiger partial charge in [-0.25, -0.2) is 9.65 Å². The maximum Gasteiger partial charge on any atom is 0.459 e. The van der Waals surface area contributed by atoms with Crippen molar-refractivity contribution in [3.63, 3.8) is 0 Å². The standard InChI is InChI=1S/C25H32N3O9P/c1-3-19-15-22(36-25(19)28(18-29)12-9-23(30)26-2)17-34-38(32,37-21-7-5-4-6-8-21)27-16-24(31)35-20-10-13-33-14-11-20/h1,4-9,12,18-20,22,25H,10-11,13-17H2,2H3,(H,26,30)(H,27,32)/b12-9-. The van der Waals surface area contributed by atoms with Crippen LogP contribution in [0.15, 0.2) is 42.6 Å². The monoisotopic (exact) mass is 549 g/mol. The van der Waals surface area contributed by atoms with Crippen LogP contribution in [0.3, 0.4) is 0 Å². The zero-order valence-electron chi connectivity index (χ0n) is 21.0. The van der Waals surface area contributed by atoms with Crippen molar-refractivity contribution in [1.29, 1.82) is 0 Å². The molecule has 13 heteroatoms. The van der Waals surface area contributed by atoms with Gasteiger partial charge in [0.05, 0.1) is 31.8 Å². The molecule has 4 unspecified atom stereocenters. The third-order valence-electron chi connectivity index (χ3n) is 5.75. The number of likely N-dealkylation sites (N-methyl/N-ethyl adjacent to an activating group) is 1. The van der Waals surface area contributed by atoms with E-state index in [4.69, 9.17) is 29.7 Å². The third kappa shape index (κ3) is 8.97. The maximum absolute atomic E-state index is 13.6. The predicted octanol–water partition coefficient (Wildman–Crippen LogP) is 1.58. The van der Waals surface area contributed by atoms with Crippen LogP contribution in [0, 0.1) is 18.3 Å². The van der Waals surface area contributed by atoms with Gasteiger partial charge in [0, 0.05) is 32.2 Å². The van der Waals surface area contributed by atoms with E-state index in [1.54, 1.807) is 30.3 Å². The first-order chi connectivity index (χ1) is 18.4. The van der Waals surface area contributed by atoms with Crippen LogP contribution in [0.5, 0.6) is 5.75 Å². The van der Waals surface area contributed by atoms with Crippen molar-refractivity contribution in [3.05, 3.63) is 42.6 Å². The first-order valence-electron chi connectivity index (χ1n) is 12.1. The number of nitrogens with one attached hydrogen (secondary N) is 2. The lowest BCUT2D eigenvalue weighted by Crippen LogP contribution is -2.35. The fourth-order valence-electron chi connectivity index (χ4n) is 3.79. The van der Waals surface area contributed by atoms with E-state index in [1.165, 1.54) is 19.3 Å². The van der Waals surface area contributed by atoms with E-state index < -0.39 is 44.4 Å². The average molecular weight is 550 g/mol. The van der Waals surface area contributed by atoms with Crippen molar-refractivity contribution in [3.8, 4) is 18.1 Å². The molecule has 2 aliphatic rings. The number of rotatable bonds is 13. The third-order valence-corrected chi connectivity index (χ3v) is 7.24. The molecule has 2 aliphatic heterocycles. The van der Waals surface area contributed by atoms with E-state index in [2.05, 4.69) is 16.3 Å². The SMILES string of the molecule is C#CC1CC(COP(=O)(NCC(=O)OC2CCOCC2)Oc2ccccc2)OC1N(C=O)/C=C\C(=O)NC. The highest BCUT2D eigenvalue weighted by Gasteiger charge is 2.39. The molecule has 2 amide bonds. The average Bonchev–Trinajstić information content (AvgIpc) is 3.35. The van der Waals surface area contributed by atoms with Crippen molar-refractivity contribution >= 4 is 26.0 Å². The quantitative estimate of drug-likeness (QED) is 0.122. The van der Waals surface area contributed by atoms with Gasteiger partial charge in [-0.15, -0.1) is 6.42 Å². The van der Waals surface area contributed by atoms with Gasteiger partial charge in [0.25, 0.3) is 0 Å². The van der Waals surface area contributed by atoms with Crippen LogP contribution >= 0.6 is 7.75 Å². The van der Waals surface area contributed by atoms with Crippen LogP contribution in [-0.2, 0) is 37.7 Å². The second-order valence-corrected chi connectivity index (χ2v) is 10.2. The Morgan fingerprint density at radius 2 is 2.00 bits per heavy atom. The van der Waals surface area contributed by atoms with Crippen LogP contribution in [-0.4, -0.2) is 75.0 Å². The van der Waals surface area contributed by atoms with Gasteiger partial charge < -0.3 is 24.1 Å². The Balaban J connectivity index is 1.63. The summed E-state index contributed by atoms with van der Waals surface area (Å²) in [4.78, 5) is 36.6. The molecule has 38 heavy (non-hydrogen) atoms. The summed E-state index contributed by atoms with van der Waals surface area (Å²) >= 11 is 0. The minimum absolute atomic E-state index is 0.216. The van der Waals surface area contributed by atoms with Gasteiger partial charge in [-0.05, 0) is 18.6 Å². The molecule has 0 saturated carbocycles. The Labute approximate surface area is 221 Å². The molecule has 0 aromatic heterocycles. The lowest BCUT2D eigenvalue weighted by atomic mass is 10.0. The fraction of sp³-hybridized carbons (Fsp3) is 0.480. The molecular weight excluding hydrogens is 517 g/mol. The van der Waals surface area contributed by atoms with E-state index in [9.17, 15) is 18.9 Å². The first kappa shape index (κ1) is 29.4. The number of carbonyl (C=O) groups excluding carboxylic acids is 3. The smallest absolute Gasteiger partial charge is 0.459 e. The molecule has 1 aromatic rings. The Morgan fingerprint density at radius 3 is 2.66 bits per heavy atom. The molecule has 2 fully saturated rings. The van der Waals surface area contributed by atoms with Crippen LogP contribution in [0.4, 0.5) is 0 Å². The second kappa shape index (κ2) is 14.7. The molecule has 2 heterocycles. The minimum atomic E-state index is -4.07. The number of hydrogen-bond donors (Lipinski definition) is 2. The highest BCUT2D eigenvalue weighted by atomic mass is 31.2. The molecule has 0 radical (unpaired) electrons. The zero-order chi connectivity index (χ0) is 27.4. The highest BCUT2D eigenvalue weighted by molar-refractivity contribution is 7.52. The van der Waals surface area contributed by atoms with Crippen molar-refractivity contribution in [1.82, 2.24) is 15.3 Å². The van der Waals surface area contributed by atoms with E-state index in [-0.39, 0.29) is 24.9 Å². The van der Waals surface area contributed by atoms with Crippen LogP contribution in [0.25, 0.3) is 0 Å². The van der Waals surface area contributed by atoms with E-state index in [0.29, 0.717) is 32.5 Å². The molecule has 3 rings (SSSR count). The summed E-state index contributed by atoms with van der Waals surface area (Å²) in [6.45, 7) is 0.390. The van der Waals surface area contributed by atoms with Gasteiger partial charge in [-0.1, -0.05) is 24.1 Å². The van der Waals surface area contributed by atoms with Gasteiger partial charge in [-0.3, -0.25) is 23.8 Å². The van der Waals surface area contributed by atoms with Gasteiger partial charge in [0.2, 0.25) is 12.3 Å². The molecule has 206 valence electrons. The van der Waals surface area contributed by atoms with E-state index in [1.807, 2.05) is 0 Å². The van der Waals surface area contributed by atoms with E-state index in [0.717, 1.165) is 4.90 Å². The number of amides is 2. The fourth-order valence-corrected chi connectivity index (χ4v) is 5.08. The summed E-state index contributed by atoms with van der Waals surface area (Å²) in [5.74, 6) is 1.31. The number of nitrogens with zero attached hydrogens (tertiary/aromatic N) is 1. The highest BCUT2D eigenvalue weighted by Crippen LogP contribution is 2.45. The Morgan fingerprint density at radius 1 is 1.26 bits per heavy atom. The number of benzene rings is 1. The molecule has 12 nitrogen and oxygen atoms in total. The Bertz CT molecular complexity index is 1060. The number of ether oxygens (including phenoxy) is 3. The zero-order valence-corrected chi connectivity index (χ0v) is 21.9. The topological polar surface area (TPSA) is 142 Å². The summed E-state index contributed by atoms with van der Waals surface area (Å²) in [6, 6.07) is 8.34. The summed E-state index contributed by atoms with van der Waals surface area (Å²) < 4.78 is 41.4. The van der Waals surface area contributed by atoms with Crippen LogP contribution in [0.2, 0.25) is 0 Å². The van der Waals surface area contributed by atoms with Gasteiger partial charge >= 0.3 is 13.7 Å². The largest absolute Gasteiger partial charge is 0.461 e. The van der Waals surface area contributed by atoms with Crippen molar-refractivity contribution in [2.24, 2.45) is 5.92 Å².